The SMILES string of the molecule is NC(CC(=O)O)(C(=O)O)S(=O)(=O)O.[NaH]. The second kappa shape index (κ2) is 5.05. The van der Waals surface area contributed by atoms with Crippen LogP contribution in [0.15, 0.2) is 0 Å². The summed E-state index contributed by atoms with van der Waals surface area (Å²) in [6.45, 7) is 0. The molecule has 1 unspecified atom stereocenters. The molecule has 0 amide bonds. The third-order valence-corrected chi connectivity index (χ3v) is 2.48. The number of carboxylic acid groups (broad SMARTS) is 2. The van der Waals surface area contributed by atoms with Crippen LogP contribution in [0.3, 0.4) is 0 Å². The van der Waals surface area contributed by atoms with Crippen molar-refractivity contribution < 1.29 is 32.8 Å². The van der Waals surface area contributed by atoms with E-state index in [4.69, 9.17) is 20.5 Å². The first-order chi connectivity index (χ1) is 5.61. The molecule has 8 nitrogen and oxygen atoms in total. The fourth-order valence-corrected chi connectivity index (χ4v) is 1.03. The van der Waals surface area contributed by atoms with Gasteiger partial charge in [0.15, 0.2) is 0 Å². The van der Waals surface area contributed by atoms with Crippen LogP contribution in [-0.2, 0) is 19.7 Å². The molecule has 14 heavy (non-hydrogen) atoms. The first-order valence-corrected chi connectivity index (χ1v) is 4.26. The number of aliphatic carboxylic acids is 2. The topological polar surface area (TPSA) is 155 Å². The number of hydrogen-bond acceptors (Lipinski definition) is 5. The number of hydrogen-bond donors (Lipinski definition) is 4. The van der Waals surface area contributed by atoms with Gasteiger partial charge in [0.25, 0.3) is 15.0 Å². The molecule has 0 spiro atoms. The van der Waals surface area contributed by atoms with Gasteiger partial charge in [0.2, 0.25) is 0 Å². The Balaban J connectivity index is 0. The van der Waals surface area contributed by atoms with E-state index in [1.54, 1.807) is 0 Å². The van der Waals surface area contributed by atoms with Gasteiger partial charge in [-0.05, 0) is 0 Å². The summed E-state index contributed by atoms with van der Waals surface area (Å²) in [5, 5.41) is 16.4. The van der Waals surface area contributed by atoms with E-state index in [9.17, 15) is 18.0 Å². The van der Waals surface area contributed by atoms with E-state index >= 15 is 0 Å². The van der Waals surface area contributed by atoms with Gasteiger partial charge < -0.3 is 15.9 Å². The Bertz CT molecular complexity index is 338. The molecule has 0 aromatic carbocycles. The van der Waals surface area contributed by atoms with Crippen LogP contribution in [0.1, 0.15) is 6.42 Å². The first kappa shape index (κ1) is 16.2. The third-order valence-electron chi connectivity index (χ3n) is 1.24. The molecule has 0 saturated heterocycles. The molecule has 0 rings (SSSR count). The van der Waals surface area contributed by atoms with E-state index in [1.807, 2.05) is 0 Å². The monoisotopic (exact) mass is 237 g/mol. The Hall–Kier alpha value is -0.190. The molecular weight excluding hydrogens is 229 g/mol. The molecule has 10 heteroatoms. The quantitative estimate of drug-likeness (QED) is 0.307. The van der Waals surface area contributed by atoms with E-state index in [2.05, 4.69) is 0 Å². The van der Waals surface area contributed by atoms with Crippen molar-refractivity contribution in [3.8, 4) is 0 Å². The number of carboxylic acids is 2. The van der Waals surface area contributed by atoms with Crippen LogP contribution in [0.4, 0.5) is 0 Å². The molecule has 0 heterocycles. The van der Waals surface area contributed by atoms with Gasteiger partial charge in [0, 0.05) is 0 Å². The van der Waals surface area contributed by atoms with Crippen molar-refractivity contribution in [3.63, 3.8) is 0 Å². The van der Waals surface area contributed by atoms with Gasteiger partial charge in [-0.15, -0.1) is 0 Å². The van der Waals surface area contributed by atoms with Gasteiger partial charge in [-0.25, -0.2) is 4.79 Å². The van der Waals surface area contributed by atoms with Crippen LogP contribution in [-0.4, -0.2) is 69.6 Å². The van der Waals surface area contributed by atoms with E-state index in [0.717, 1.165) is 0 Å². The molecule has 0 aliphatic heterocycles. The standard InChI is InChI=1S/C4H7NO7S.Na.H/c5-4(3(8)9,1-2(6)7)13(10,11)12;;/h1,5H2,(H,6,7)(H,8,9)(H,10,11,12);;. The molecule has 5 N–H and O–H groups in total. The van der Waals surface area contributed by atoms with Crippen LogP contribution in [0.25, 0.3) is 0 Å². The minimum atomic E-state index is -5.16. The predicted octanol–water partition coefficient (Wildman–Crippen LogP) is -2.56. The van der Waals surface area contributed by atoms with Gasteiger partial charge in [-0.1, -0.05) is 0 Å². The molecule has 0 fully saturated rings. The zero-order valence-corrected chi connectivity index (χ0v) is 6.98. The second-order valence-corrected chi connectivity index (χ2v) is 3.92. The predicted molar refractivity (Wildman–Crippen MR) is 45.5 cm³/mol. The summed E-state index contributed by atoms with van der Waals surface area (Å²) in [5.74, 6) is -3.88. The van der Waals surface area contributed by atoms with E-state index in [0.29, 0.717) is 0 Å². The third kappa shape index (κ3) is 3.52. The van der Waals surface area contributed by atoms with Crippen LogP contribution in [0, 0.1) is 0 Å². The molecule has 0 aromatic rings. The average Bonchev–Trinajstić information content (AvgIpc) is 1.82. The van der Waals surface area contributed by atoms with Gasteiger partial charge in [-0.3, -0.25) is 9.35 Å². The Labute approximate surface area is 101 Å². The van der Waals surface area contributed by atoms with Crippen molar-refractivity contribution >= 4 is 51.6 Å². The number of carbonyl (C=O) groups is 2. The Morgan fingerprint density at radius 3 is 1.71 bits per heavy atom. The summed E-state index contributed by atoms with van der Waals surface area (Å²) < 4.78 is 29.2. The molecule has 78 valence electrons. The van der Waals surface area contributed by atoms with Crippen LogP contribution in [0.2, 0.25) is 0 Å². The van der Waals surface area contributed by atoms with E-state index in [1.165, 1.54) is 0 Å². The van der Waals surface area contributed by atoms with Crippen molar-refractivity contribution in [1.29, 1.82) is 0 Å². The van der Waals surface area contributed by atoms with E-state index in [-0.39, 0.29) is 29.6 Å². The van der Waals surface area contributed by atoms with Crippen molar-refractivity contribution in [2.24, 2.45) is 5.73 Å². The van der Waals surface area contributed by atoms with Crippen molar-refractivity contribution in [1.82, 2.24) is 0 Å². The molecule has 1 atom stereocenters. The van der Waals surface area contributed by atoms with Crippen LogP contribution >= 0.6 is 0 Å². The fourth-order valence-electron chi connectivity index (χ4n) is 0.502. The maximum absolute atomic E-state index is 10.4. The molecule has 0 radical (unpaired) electrons. The average molecular weight is 237 g/mol. The molecule has 0 bridgehead atoms. The zero-order valence-electron chi connectivity index (χ0n) is 6.17. The van der Waals surface area contributed by atoms with Gasteiger partial charge in [-0.2, -0.15) is 8.42 Å². The molecule has 0 aliphatic carbocycles. The van der Waals surface area contributed by atoms with Crippen molar-refractivity contribution in [3.05, 3.63) is 0 Å². The van der Waals surface area contributed by atoms with Crippen LogP contribution in [0.5, 0.6) is 0 Å². The van der Waals surface area contributed by atoms with E-state index < -0.39 is 33.3 Å². The molecular formula is C4H8NNaO7S. The fraction of sp³-hybridized carbons (Fsp3) is 0.500. The number of nitrogens with two attached hydrogens (primary N) is 1. The minimum absolute atomic E-state index is 0. The second-order valence-electron chi connectivity index (χ2n) is 2.24. The Kier molecular flexibility index (Phi) is 5.86. The Morgan fingerprint density at radius 2 is 1.64 bits per heavy atom. The van der Waals surface area contributed by atoms with Crippen molar-refractivity contribution in [2.45, 2.75) is 11.3 Å². The van der Waals surface area contributed by atoms with Crippen LogP contribution < -0.4 is 5.73 Å². The number of rotatable bonds is 4. The Morgan fingerprint density at radius 1 is 1.29 bits per heavy atom. The molecule has 0 aliphatic rings. The summed E-state index contributed by atoms with van der Waals surface area (Å²) in [5.41, 5.74) is 4.70. The molecule has 0 aromatic heterocycles. The van der Waals surface area contributed by atoms with Gasteiger partial charge >= 0.3 is 41.5 Å². The summed E-state index contributed by atoms with van der Waals surface area (Å²) in [6.07, 6.45) is -1.42. The van der Waals surface area contributed by atoms with Gasteiger partial charge in [0.05, 0.1) is 6.42 Å². The normalized spacial score (nSPS) is 15.0. The summed E-state index contributed by atoms with van der Waals surface area (Å²) in [4.78, 5) is 17.1. The molecule has 0 saturated carbocycles. The summed E-state index contributed by atoms with van der Waals surface area (Å²) in [6, 6.07) is 0. The van der Waals surface area contributed by atoms with Gasteiger partial charge in [0.1, 0.15) is 0 Å². The summed E-state index contributed by atoms with van der Waals surface area (Å²) >= 11 is 0. The maximum atomic E-state index is 10.4. The summed E-state index contributed by atoms with van der Waals surface area (Å²) in [7, 11) is -5.16. The first-order valence-electron chi connectivity index (χ1n) is 2.82. The zero-order chi connectivity index (χ0) is 10.9. The van der Waals surface area contributed by atoms with Crippen molar-refractivity contribution in [2.75, 3.05) is 0 Å².